The number of carbonyl (C=O) groups is 1. The third-order valence-electron chi connectivity index (χ3n) is 5.53. The Labute approximate surface area is 199 Å². The molecule has 34 heavy (non-hydrogen) atoms. The van der Waals surface area contributed by atoms with Crippen molar-refractivity contribution in [3.8, 4) is 17.4 Å². The molecular weight excluding hydrogens is 458 g/mol. The van der Waals surface area contributed by atoms with Crippen molar-refractivity contribution in [3.05, 3.63) is 98.9 Å². The lowest BCUT2D eigenvalue weighted by molar-refractivity contribution is -0.121. The first kappa shape index (κ1) is 23.1. The lowest BCUT2D eigenvalue weighted by Crippen LogP contribution is -2.30. The third kappa shape index (κ3) is 4.97. The molecule has 2 heterocycles. The van der Waals surface area contributed by atoms with E-state index in [2.05, 4.69) is 10.3 Å². The summed E-state index contributed by atoms with van der Waals surface area (Å²) in [5.74, 6) is -1.96. The standard InChI is InChI=1S/C25H22ClN3O5/c26-17-7-5-16(6-8-17)18(23-24(33)28-21-3-1-2-12-29(21)25(23)34)14-22(32)27-11-10-15-4-9-19(30)20(31)13-15/h1-9,12-13,18,30-31,33H,10-11,14H2,(H,27,32). The largest absolute Gasteiger partial charge is 0.504 e. The van der Waals surface area contributed by atoms with E-state index in [9.17, 15) is 24.9 Å². The van der Waals surface area contributed by atoms with Gasteiger partial charge in [-0.2, -0.15) is 4.98 Å². The Balaban J connectivity index is 1.59. The number of pyridine rings is 1. The summed E-state index contributed by atoms with van der Waals surface area (Å²) in [5.41, 5.74) is 1.22. The van der Waals surface area contributed by atoms with Gasteiger partial charge in [0.15, 0.2) is 11.5 Å². The van der Waals surface area contributed by atoms with Gasteiger partial charge in [0.1, 0.15) is 5.65 Å². The molecule has 9 heteroatoms. The average molecular weight is 480 g/mol. The number of phenols is 2. The van der Waals surface area contributed by atoms with Gasteiger partial charge in [0.2, 0.25) is 11.8 Å². The topological polar surface area (TPSA) is 124 Å². The van der Waals surface area contributed by atoms with Crippen molar-refractivity contribution in [2.45, 2.75) is 18.8 Å². The smallest absolute Gasteiger partial charge is 0.265 e. The van der Waals surface area contributed by atoms with Crippen molar-refractivity contribution in [1.82, 2.24) is 14.7 Å². The second kappa shape index (κ2) is 9.84. The van der Waals surface area contributed by atoms with E-state index in [4.69, 9.17) is 11.6 Å². The van der Waals surface area contributed by atoms with E-state index in [-0.39, 0.29) is 35.9 Å². The monoisotopic (exact) mass is 479 g/mol. The SMILES string of the molecule is O=C(CC(c1ccc(Cl)cc1)c1c(O)nc2ccccn2c1=O)NCCc1ccc(O)c(O)c1. The fourth-order valence-electron chi connectivity index (χ4n) is 3.81. The lowest BCUT2D eigenvalue weighted by Gasteiger charge is -2.18. The summed E-state index contributed by atoms with van der Waals surface area (Å²) in [5, 5.41) is 33.0. The van der Waals surface area contributed by atoms with Crippen LogP contribution in [0.2, 0.25) is 5.02 Å². The molecule has 1 atom stereocenters. The Kier molecular flexibility index (Phi) is 6.70. The van der Waals surface area contributed by atoms with Crippen LogP contribution in [0.3, 0.4) is 0 Å². The number of amides is 1. The summed E-state index contributed by atoms with van der Waals surface area (Å²) in [4.78, 5) is 30.2. The number of phenolic OH excluding ortho intramolecular Hbond substituents is 2. The van der Waals surface area contributed by atoms with Crippen LogP contribution in [0.1, 0.15) is 29.0 Å². The van der Waals surface area contributed by atoms with Gasteiger partial charge in [0, 0.05) is 30.1 Å². The molecule has 2 aromatic carbocycles. The summed E-state index contributed by atoms with van der Waals surface area (Å²) in [6.07, 6.45) is 1.88. The number of halogens is 1. The summed E-state index contributed by atoms with van der Waals surface area (Å²) < 4.78 is 1.33. The van der Waals surface area contributed by atoms with Crippen molar-refractivity contribution in [1.29, 1.82) is 0 Å². The number of nitrogens with one attached hydrogen (secondary N) is 1. The van der Waals surface area contributed by atoms with Crippen molar-refractivity contribution in [2.75, 3.05) is 6.54 Å². The number of carbonyl (C=O) groups excluding carboxylic acids is 1. The summed E-state index contributed by atoms with van der Waals surface area (Å²) in [7, 11) is 0. The molecule has 0 aliphatic heterocycles. The van der Waals surface area contributed by atoms with Crippen molar-refractivity contribution in [2.24, 2.45) is 0 Å². The first-order valence-electron chi connectivity index (χ1n) is 10.6. The molecule has 4 N–H and O–H groups in total. The minimum Gasteiger partial charge on any atom is -0.504 e. The van der Waals surface area contributed by atoms with Gasteiger partial charge in [-0.1, -0.05) is 35.9 Å². The Morgan fingerprint density at radius 3 is 2.53 bits per heavy atom. The molecule has 0 spiro atoms. The maximum Gasteiger partial charge on any atom is 0.265 e. The first-order chi connectivity index (χ1) is 16.3. The van der Waals surface area contributed by atoms with E-state index >= 15 is 0 Å². The Morgan fingerprint density at radius 2 is 1.79 bits per heavy atom. The van der Waals surface area contributed by atoms with E-state index in [0.29, 0.717) is 22.7 Å². The van der Waals surface area contributed by atoms with Crippen LogP contribution in [0.15, 0.2) is 71.7 Å². The predicted octanol–water partition coefficient (Wildman–Crippen LogP) is 3.35. The quantitative estimate of drug-likeness (QED) is 0.301. The highest BCUT2D eigenvalue weighted by atomic mass is 35.5. The second-order valence-corrected chi connectivity index (χ2v) is 8.25. The van der Waals surface area contributed by atoms with E-state index < -0.39 is 17.4 Å². The zero-order valence-corrected chi connectivity index (χ0v) is 18.7. The zero-order valence-electron chi connectivity index (χ0n) is 18.0. The van der Waals surface area contributed by atoms with Gasteiger partial charge in [-0.05, 0) is 53.9 Å². The van der Waals surface area contributed by atoms with Gasteiger partial charge in [0.05, 0.1) is 5.56 Å². The first-order valence-corrected chi connectivity index (χ1v) is 10.9. The average Bonchev–Trinajstić information content (AvgIpc) is 2.81. The molecular formula is C25H22ClN3O5. The fraction of sp³-hybridized carbons (Fsp3) is 0.160. The minimum atomic E-state index is -0.757. The van der Waals surface area contributed by atoms with Gasteiger partial charge in [0.25, 0.3) is 5.56 Å². The lowest BCUT2D eigenvalue weighted by atomic mass is 9.89. The second-order valence-electron chi connectivity index (χ2n) is 7.81. The Morgan fingerprint density at radius 1 is 1.03 bits per heavy atom. The van der Waals surface area contributed by atoms with E-state index in [1.165, 1.54) is 16.5 Å². The maximum absolute atomic E-state index is 13.2. The van der Waals surface area contributed by atoms with Crippen LogP contribution >= 0.6 is 11.6 Å². The summed E-state index contributed by atoms with van der Waals surface area (Å²) in [6.45, 7) is 0.275. The van der Waals surface area contributed by atoms with Crippen LogP contribution in [-0.4, -0.2) is 37.2 Å². The van der Waals surface area contributed by atoms with Crippen LogP contribution in [0.4, 0.5) is 0 Å². The molecule has 0 saturated carbocycles. The van der Waals surface area contributed by atoms with Gasteiger partial charge < -0.3 is 20.6 Å². The Hall–Kier alpha value is -4.04. The fourth-order valence-corrected chi connectivity index (χ4v) is 3.93. The van der Waals surface area contributed by atoms with Crippen molar-refractivity contribution in [3.63, 3.8) is 0 Å². The molecule has 0 saturated heterocycles. The molecule has 0 bridgehead atoms. The van der Waals surface area contributed by atoms with E-state index in [1.54, 1.807) is 54.7 Å². The zero-order chi connectivity index (χ0) is 24.2. The molecule has 0 aliphatic carbocycles. The van der Waals surface area contributed by atoms with Crippen molar-refractivity contribution >= 4 is 23.2 Å². The van der Waals surface area contributed by atoms with Crippen LogP contribution in [0, 0.1) is 0 Å². The highest BCUT2D eigenvalue weighted by molar-refractivity contribution is 6.30. The van der Waals surface area contributed by atoms with Crippen LogP contribution < -0.4 is 10.9 Å². The molecule has 0 radical (unpaired) electrons. The van der Waals surface area contributed by atoms with Crippen LogP contribution in [-0.2, 0) is 11.2 Å². The number of nitrogens with zero attached hydrogens (tertiary/aromatic N) is 2. The third-order valence-corrected chi connectivity index (χ3v) is 5.79. The van der Waals surface area contributed by atoms with Crippen LogP contribution in [0.5, 0.6) is 17.4 Å². The molecule has 1 unspecified atom stereocenters. The molecule has 174 valence electrons. The molecule has 0 aliphatic rings. The molecule has 4 aromatic rings. The minimum absolute atomic E-state index is 0.0182. The molecule has 0 fully saturated rings. The molecule has 1 amide bonds. The summed E-state index contributed by atoms with van der Waals surface area (Å²) in [6, 6.07) is 16.2. The van der Waals surface area contributed by atoms with Crippen LogP contribution in [0.25, 0.3) is 5.65 Å². The van der Waals surface area contributed by atoms with Gasteiger partial charge in [-0.15, -0.1) is 0 Å². The van der Waals surface area contributed by atoms with E-state index in [0.717, 1.165) is 5.56 Å². The predicted molar refractivity (Wildman–Crippen MR) is 128 cm³/mol. The van der Waals surface area contributed by atoms with Crippen molar-refractivity contribution < 1.29 is 20.1 Å². The number of hydrogen-bond acceptors (Lipinski definition) is 6. The highest BCUT2D eigenvalue weighted by Crippen LogP contribution is 2.31. The van der Waals surface area contributed by atoms with E-state index in [1.807, 2.05) is 0 Å². The highest BCUT2D eigenvalue weighted by Gasteiger charge is 2.26. The number of aromatic nitrogens is 2. The number of benzene rings is 2. The number of hydrogen-bond donors (Lipinski definition) is 4. The van der Waals surface area contributed by atoms with Gasteiger partial charge >= 0.3 is 0 Å². The molecule has 4 rings (SSSR count). The normalized spacial score (nSPS) is 11.9. The number of rotatable bonds is 7. The Bertz CT molecular complexity index is 1400. The number of fused-ring (bicyclic) bond motifs is 1. The molecule has 2 aromatic heterocycles. The summed E-state index contributed by atoms with van der Waals surface area (Å²) >= 11 is 6.02. The van der Waals surface area contributed by atoms with Gasteiger partial charge in [-0.25, -0.2) is 0 Å². The molecule has 8 nitrogen and oxygen atoms in total. The number of aromatic hydroxyl groups is 3. The van der Waals surface area contributed by atoms with Gasteiger partial charge in [-0.3, -0.25) is 14.0 Å². The maximum atomic E-state index is 13.2.